The quantitative estimate of drug-likeness (QED) is 0.625. The van der Waals surface area contributed by atoms with E-state index >= 15 is 0 Å². The number of carbonyl (C=O) groups is 1. The van der Waals surface area contributed by atoms with E-state index in [-0.39, 0.29) is 22.8 Å². The summed E-state index contributed by atoms with van der Waals surface area (Å²) in [4.78, 5) is 16.6. The lowest BCUT2D eigenvalue weighted by Crippen LogP contribution is -2.23. The lowest BCUT2D eigenvalue weighted by atomic mass is 9.87. The van der Waals surface area contributed by atoms with Crippen molar-refractivity contribution in [1.29, 1.82) is 0 Å². The van der Waals surface area contributed by atoms with Gasteiger partial charge in [-0.3, -0.25) is 9.78 Å². The monoisotopic (exact) mass is 423 g/mol. The van der Waals surface area contributed by atoms with Crippen LogP contribution in [0.4, 0.5) is 5.69 Å². The van der Waals surface area contributed by atoms with Gasteiger partial charge in [0.1, 0.15) is 0 Å². The second kappa shape index (κ2) is 8.77. The molecule has 156 valence electrons. The number of rotatable bonds is 6. The summed E-state index contributed by atoms with van der Waals surface area (Å²) in [6, 6.07) is 17.2. The first kappa shape index (κ1) is 21.7. The topological polar surface area (TPSA) is 88.2 Å². The van der Waals surface area contributed by atoms with Gasteiger partial charge < -0.3 is 5.32 Å². The molecule has 0 aliphatic heterocycles. The van der Waals surface area contributed by atoms with Gasteiger partial charge >= 0.3 is 0 Å². The summed E-state index contributed by atoms with van der Waals surface area (Å²) in [6.45, 7) is 6.31. The van der Waals surface area contributed by atoms with E-state index in [1.54, 1.807) is 60.9 Å². The summed E-state index contributed by atoms with van der Waals surface area (Å²) in [5.74, 6) is -0.287. The number of anilines is 1. The molecule has 0 saturated carbocycles. The molecule has 0 fully saturated rings. The van der Waals surface area contributed by atoms with Crippen molar-refractivity contribution in [3.8, 4) is 0 Å². The molecule has 0 aliphatic carbocycles. The first-order chi connectivity index (χ1) is 14.1. The molecule has 1 aromatic heterocycles. The molecule has 0 unspecified atom stereocenters. The van der Waals surface area contributed by atoms with Crippen LogP contribution in [0.3, 0.4) is 0 Å². The molecular weight excluding hydrogens is 398 g/mol. The molecule has 3 aromatic rings. The molecule has 6 nitrogen and oxygen atoms in total. The molecule has 2 aromatic carbocycles. The van der Waals surface area contributed by atoms with Gasteiger partial charge in [-0.15, -0.1) is 0 Å². The number of hydrogen-bond donors (Lipinski definition) is 2. The molecule has 1 heterocycles. The van der Waals surface area contributed by atoms with E-state index in [0.717, 1.165) is 5.56 Å². The highest BCUT2D eigenvalue weighted by molar-refractivity contribution is 7.89. The molecule has 0 radical (unpaired) electrons. The van der Waals surface area contributed by atoms with E-state index in [4.69, 9.17) is 0 Å². The Morgan fingerprint density at radius 1 is 1.00 bits per heavy atom. The summed E-state index contributed by atoms with van der Waals surface area (Å²) in [7, 11) is -3.66. The average molecular weight is 424 g/mol. The lowest BCUT2D eigenvalue weighted by Gasteiger charge is -2.19. The van der Waals surface area contributed by atoms with Crippen LogP contribution < -0.4 is 10.0 Å². The molecule has 0 spiro atoms. The van der Waals surface area contributed by atoms with E-state index in [1.165, 1.54) is 0 Å². The number of amides is 1. The van der Waals surface area contributed by atoms with Gasteiger partial charge in [-0.1, -0.05) is 45.0 Å². The van der Waals surface area contributed by atoms with Crippen molar-refractivity contribution in [3.63, 3.8) is 0 Å². The van der Waals surface area contributed by atoms with E-state index in [9.17, 15) is 13.2 Å². The Morgan fingerprint density at radius 3 is 2.37 bits per heavy atom. The highest BCUT2D eigenvalue weighted by Gasteiger charge is 2.17. The van der Waals surface area contributed by atoms with Crippen molar-refractivity contribution in [2.45, 2.75) is 37.6 Å². The van der Waals surface area contributed by atoms with Crippen LogP contribution in [0.5, 0.6) is 0 Å². The van der Waals surface area contributed by atoms with E-state index in [1.807, 2.05) is 12.1 Å². The zero-order valence-corrected chi connectivity index (χ0v) is 18.0. The minimum absolute atomic E-state index is 0.0491. The molecule has 1 amide bonds. The maximum Gasteiger partial charge on any atom is 0.255 e. The average Bonchev–Trinajstić information content (AvgIpc) is 2.73. The van der Waals surface area contributed by atoms with Crippen LogP contribution in [-0.2, 0) is 22.0 Å². The van der Waals surface area contributed by atoms with Crippen molar-refractivity contribution < 1.29 is 13.2 Å². The molecule has 30 heavy (non-hydrogen) atoms. The number of aromatic nitrogens is 1. The maximum absolute atomic E-state index is 12.6. The van der Waals surface area contributed by atoms with Crippen molar-refractivity contribution in [1.82, 2.24) is 9.71 Å². The highest BCUT2D eigenvalue weighted by Crippen LogP contribution is 2.23. The minimum Gasteiger partial charge on any atom is -0.321 e. The van der Waals surface area contributed by atoms with E-state index < -0.39 is 10.0 Å². The van der Waals surface area contributed by atoms with E-state index in [2.05, 4.69) is 35.8 Å². The highest BCUT2D eigenvalue weighted by atomic mass is 32.2. The molecule has 0 aliphatic rings. The van der Waals surface area contributed by atoms with Gasteiger partial charge in [-0.2, -0.15) is 0 Å². The summed E-state index contributed by atoms with van der Waals surface area (Å²) in [6.07, 6.45) is 3.18. The lowest BCUT2D eigenvalue weighted by molar-refractivity contribution is 0.102. The first-order valence-electron chi connectivity index (χ1n) is 9.56. The fourth-order valence-electron chi connectivity index (χ4n) is 2.86. The summed E-state index contributed by atoms with van der Waals surface area (Å²) < 4.78 is 27.9. The third-order valence-electron chi connectivity index (χ3n) is 4.61. The number of carbonyl (C=O) groups excluding carboxylic acids is 1. The standard InChI is InChI=1S/C23H25N3O3S/c1-23(2,3)19-9-11-21(12-10-19)30(28,29)25-15-17-6-4-7-18(14-17)22(27)26-20-8-5-13-24-16-20/h4-14,16,25H,15H2,1-3H3,(H,26,27). The van der Waals surface area contributed by atoms with Crippen molar-refractivity contribution >= 4 is 21.6 Å². The molecule has 0 bridgehead atoms. The van der Waals surface area contributed by atoms with Gasteiger partial charge in [0, 0.05) is 18.3 Å². The Kier molecular flexibility index (Phi) is 6.34. The van der Waals surface area contributed by atoms with Gasteiger partial charge in [0.2, 0.25) is 10.0 Å². The van der Waals surface area contributed by atoms with Gasteiger partial charge in [0.25, 0.3) is 5.91 Å². The Morgan fingerprint density at radius 2 is 1.73 bits per heavy atom. The number of benzene rings is 2. The normalized spacial score (nSPS) is 11.8. The van der Waals surface area contributed by atoms with Gasteiger partial charge in [0.15, 0.2) is 0 Å². The second-order valence-electron chi connectivity index (χ2n) is 8.00. The third-order valence-corrected chi connectivity index (χ3v) is 6.02. The second-order valence-corrected chi connectivity index (χ2v) is 9.76. The van der Waals surface area contributed by atoms with Crippen LogP contribution in [-0.4, -0.2) is 19.3 Å². The zero-order valence-electron chi connectivity index (χ0n) is 17.2. The summed E-state index contributed by atoms with van der Waals surface area (Å²) >= 11 is 0. The summed E-state index contributed by atoms with van der Waals surface area (Å²) in [5.41, 5.74) is 2.72. The van der Waals surface area contributed by atoms with Crippen molar-refractivity contribution in [2.75, 3.05) is 5.32 Å². The Balaban J connectivity index is 1.68. The number of hydrogen-bond acceptors (Lipinski definition) is 4. The Labute approximate surface area is 177 Å². The van der Waals surface area contributed by atoms with Crippen LogP contribution in [0, 0.1) is 0 Å². The Hall–Kier alpha value is -3.03. The smallest absolute Gasteiger partial charge is 0.255 e. The number of nitrogens with one attached hydrogen (secondary N) is 2. The van der Waals surface area contributed by atoms with Gasteiger partial charge in [-0.05, 0) is 52.9 Å². The van der Waals surface area contributed by atoms with Gasteiger partial charge in [0.05, 0.1) is 16.8 Å². The maximum atomic E-state index is 12.6. The zero-order chi connectivity index (χ0) is 21.8. The van der Waals surface area contributed by atoms with Crippen molar-refractivity contribution in [3.05, 3.63) is 89.7 Å². The van der Waals surface area contributed by atoms with Crippen LogP contribution in [0.15, 0.2) is 78.0 Å². The van der Waals surface area contributed by atoms with E-state index in [0.29, 0.717) is 16.8 Å². The summed E-state index contributed by atoms with van der Waals surface area (Å²) in [5, 5.41) is 2.76. The number of pyridine rings is 1. The predicted octanol–water partition coefficient (Wildman–Crippen LogP) is 4.11. The van der Waals surface area contributed by atoms with Gasteiger partial charge in [-0.25, -0.2) is 13.1 Å². The first-order valence-corrected chi connectivity index (χ1v) is 11.0. The van der Waals surface area contributed by atoms with Crippen LogP contribution in [0.2, 0.25) is 0 Å². The fourth-order valence-corrected chi connectivity index (χ4v) is 3.88. The van der Waals surface area contributed by atoms with Crippen LogP contribution >= 0.6 is 0 Å². The minimum atomic E-state index is -3.66. The van der Waals surface area contributed by atoms with Crippen LogP contribution in [0.25, 0.3) is 0 Å². The predicted molar refractivity (Wildman–Crippen MR) is 118 cm³/mol. The largest absolute Gasteiger partial charge is 0.321 e. The molecular formula is C23H25N3O3S. The fraction of sp³-hybridized carbons (Fsp3) is 0.217. The number of sulfonamides is 1. The molecule has 3 rings (SSSR count). The van der Waals surface area contributed by atoms with Crippen LogP contribution in [0.1, 0.15) is 42.3 Å². The van der Waals surface area contributed by atoms with Crippen molar-refractivity contribution in [2.24, 2.45) is 0 Å². The SMILES string of the molecule is CC(C)(C)c1ccc(S(=O)(=O)NCc2cccc(C(=O)Nc3cccnc3)c2)cc1. The number of nitrogens with zero attached hydrogens (tertiary/aromatic N) is 1. The third kappa shape index (κ3) is 5.52. The Bertz CT molecular complexity index is 1120. The molecule has 0 saturated heterocycles. The molecule has 0 atom stereocenters. The molecule has 2 N–H and O–H groups in total. The molecule has 7 heteroatoms.